The van der Waals surface area contributed by atoms with E-state index in [9.17, 15) is 4.79 Å². The van der Waals surface area contributed by atoms with Crippen LogP contribution in [0.4, 0.5) is 0 Å². The molecule has 1 aliphatic carbocycles. The predicted octanol–water partition coefficient (Wildman–Crippen LogP) is 3.89. The van der Waals surface area contributed by atoms with Crippen molar-refractivity contribution in [3.8, 4) is 11.3 Å². The second kappa shape index (κ2) is 6.62. The molecule has 0 N–H and O–H groups in total. The van der Waals surface area contributed by atoms with E-state index in [4.69, 9.17) is 5.10 Å². The third-order valence-electron chi connectivity index (χ3n) is 5.73. The molecular weight excluding hydrogens is 350 g/mol. The van der Waals surface area contributed by atoms with Gasteiger partial charge in [-0.1, -0.05) is 0 Å². The quantitative estimate of drug-likeness (QED) is 0.695. The Kier molecular flexibility index (Phi) is 4.07. The molecule has 0 saturated heterocycles. The Morgan fingerprint density at radius 3 is 2.68 bits per heavy atom. The van der Waals surface area contributed by atoms with Crippen LogP contribution in [0, 0.1) is 5.92 Å². The predicted molar refractivity (Wildman–Crippen MR) is 107 cm³/mol. The number of carbonyl (C=O) groups is 1. The first kappa shape index (κ1) is 17.2. The average Bonchev–Trinajstić information content (AvgIpc) is 3.31. The van der Waals surface area contributed by atoms with Crippen LogP contribution in [0.1, 0.15) is 54.3 Å². The minimum Gasteiger partial charge on any atom is -0.347 e. The second-order valence-corrected chi connectivity index (χ2v) is 8.24. The molecule has 5 rings (SSSR count). The van der Waals surface area contributed by atoms with Crippen molar-refractivity contribution >= 4 is 5.91 Å². The van der Waals surface area contributed by atoms with Gasteiger partial charge < -0.3 is 9.47 Å². The summed E-state index contributed by atoms with van der Waals surface area (Å²) in [4.78, 5) is 19.2. The molecule has 0 radical (unpaired) electrons. The molecule has 0 aromatic carbocycles. The molecule has 3 aromatic rings. The van der Waals surface area contributed by atoms with Crippen LogP contribution in [0.3, 0.4) is 0 Å². The van der Waals surface area contributed by atoms with Gasteiger partial charge in [0.2, 0.25) is 0 Å². The highest BCUT2D eigenvalue weighted by atomic mass is 16.2. The Morgan fingerprint density at radius 2 is 1.96 bits per heavy atom. The number of hydrogen-bond donors (Lipinski definition) is 0. The maximum absolute atomic E-state index is 13.2. The number of amides is 1. The van der Waals surface area contributed by atoms with Gasteiger partial charge in [-0.3, -0.25) is 14.5 Å². The summed E-state index contributed by atoms with van der Waals surface area (Å²) in [5.74, 6) is 0.797. The monoisotopic (exact) mass is 375 g/mol. The lowest BCUT2D eigenvalue weighted by atomic mass is 10.1. The second-order valence-electron chi connectivity index (χ2n) is 8.24. The molecule has 1 fully saturated rings. The first-order valence-corrected chi connectivity index (χ1v) is 10.1. The van der Waals surface area contributed by atoms with Gasteiger partial charge in [0.05, 0.1) is 18.8 Å². The van der Waals surface area contributed by atoms with Gasteiger partial charge in [0.25, 0.3) is 5.91 Å². The molecule has 0 unspecified atom stereocenters. The van der Waals surface area contributed by atoms with Crippen molar-refractivity contribution in [2.75, 3.05) is 0 Å². The summed E-state index contributed by atoms with van der Waals surface area (Å²) < 4.78 is 4.34. The van der Waals surface area contributed by atoms with Gasteiger partial charge in [0.15, 0.2) is 0 Å². The van der Waals surface area contributed by atoms with E-state index in [-0.39, 0.29) is 5.91 Å². The summed E-state index contributed by atoms with van der Waals surface area (Å²) in [6.45, 7) is 6.49. The first-order chi connectivity index (χ1) is 13.6. The Balaban J connectivity index is 1.58. The molecule has 28 heavy (non-hydrogen) atoms. The van der Waals surface area contributed by atoms with Crippen molar-refractivity contribution in [3.63, 3.8) is 0 Å². The Hall–Kier alpha value is -2.89. The van der Waals surface area contributed by atoms with E-state index in [2.05, 4.69) is 46.5 Å². The van der Waals surface area contributed by atoms with Gasteiger partial charge in [-0.25, -0.2) is 0 Å². The Labute approximate surface area is 164 Å². The first-order valence-electron chi connectivity index (χ1n) is 10.1. The van der Waals surface area contributed by atoms with Crippen LogP contribution in [-0.4, -0.2) is 30.1 Å². The molecule has 2 aliphatic rings. The normalized spacial score (nSPS) is 16.0. The number of pyridine rings is 1. The molecule has 3 aromatic heterocycles. The van der Waals surface area contributed by atoms with Crippen molar-refractivity contribution in [1.29, 1.82) is 0 Å². The van der Waals surface area contributed by atoms with E-state index in [1.165, 1.54) is 12.8 Å². The lowest BCUT2D eigenvalue weighted by molar-refractivity contribution is 0.0727. The van der Waals surface area contributed by atoms with Crippen LogP contribution in [0.5, 0.6) is 0 Å². The largest absolute Gasteiger partial charge is 0.347 e. The standard InChI is InChI=1S/C22H25N5O/c1-15(2)27-10-7-19-20(27)14-25(22(28)17-5-8-23-9-6-17)12-18-13-26(24-21(18)19)11-16-3-4-16/h5-10,13,15-16H,3-4,11-12,14H2,1-2H3. The maximum atomic E-state index is 13.2. The summed E-state index contributed by atoms with van der Waals surface area (Å²) in [5, 5.41) is 4.93. The molecule has 1 amide bonds. The van der Waals surface area contributed by atoms with Crippen LogP contribution in [0.25, 0.3) is 11.3 Å². The summed E-state index contributed by atoms with van der Waals surface area (Å²) in [6, 6.07) is 6.06. The van der Waals surface area contributed by atoms with Crippen LogP contribution >= 0.6 is 0 Å². The lowest BCUT2D eigenvalue weighted by Crippen LogP contribution is -2.30. The minimum absolute atomic E-state index is 0.0349. The number of fused-ring (bicyclic) bond motifs is 3. The minimum atomic E-state index is 0.0349. The highest BCUT2D eigenvalue weighted by Gasteiger charge is 2.30. The van der Waals surface area contributed by atoms with Crippen molar-refractivity contribution in [3.05, 3.63) is 59.8 Å². The SMILES string of the molecule is CC(C)n1ccc2c1CN(C(=O)c1ccncc1)Cc1cn(CC3CC3)nc1-2. The molecule has 0 bridgehead atoms. The number of hydrogen-bond acceptors (Lipinski definition) is 3. The van der Waals surface area contributed by atoms with Crippen molar-refractivity contribution in [1.82, 2.24) is 24.2 Å². The molecule has 144 valence electrons. The summed E-state index contributed by atoms with van der Waals surface area (Å²) in [7, 11) is 0. The fourth-order valence-corrected chi connectivity index (χ4v) is 4.07. The van der Waals surface area contributed by atoms with Gasteiger partial charge >= 0.3 is 0 Å². The van der Waals surface area contributed by atoms with Crippen molar-refractivity contribution in [2.45, 2.75) is 52.4 Å². The number of nitrogens with zero attached hydrogens (tertiary/aromatic N) is 5. The van der Waals surface area contributed by atoms with Gasteiger partial charge in [-0.05, 0) is 50.8 Å². The zero-order valence-electron chi connectivity index (χ0n) is 16.4. The van der Waals surface area contributed by atoms with Gasteiger partial charge in [-0.2, -0.15) is 5.10 Å². The Bertz CT molecular complexity index is 1010. The van der Waals surface area contributed by atoms with Gasteiger partial charge in [0, 0.05) is 59.8 Å². The zero-order valence-corrected chi connectivity index (χ0v) is 16.4. The molecule has 6 nitrogen and oxygen atoms in total. The van der Waals surface area contributed by atoms with E-state index in [1.807, 2.05) is 4.90 Å². The van der Waals surface area contributed by atoms with Crippen LogP contribution in [0.15, 0.2) is 43.0 Å². The third-order valence-corrected chi connectivity index (χ3v) is 5.73. The van der Waals surface area contributed by atoms with E-state index < -0.39 is 0 Å². The van der Waals surface area contributed by atoms with Crippen LogP contribution in [-0.2, 0) is 19.6 Å². The van der Waals surface area contributed by atoms with Gasteiger partial charge in [0.1, 0.15) is 0 Å². The Morgan fingerprint density at radius 1 is 1.18 bits per heavy atom. The molecule has 0 spiro atoms. The molecule has 4 heterocycles. The smallest absolute Gasteiger partial charge is 0.254 e. The van der Waals surface area contributed by atoms with Crippen LogP contribution < -0.4 is 0 Å². The molecule has 1 saturated carbocycles. The summed E-state index contributed by atoms with van der Waals surface area (Å²) in [5.41, 5.74) is 5.15. The fraction of sp³-hybridized carbons (Fsp3) is 0.409. The van der Waals surface area contributed by atoms with Crippen LogP contribution in [0.2, 0.25) is 0 Å². The van der Waals surface area contributed by atoms with E-state index >= 15 is 0 Å². The van der Waals surface area contributed by atoms with Crippen molar-refractivity contribution in [2.24, 2.45) is 5.92 Å². The van der Waals surface area contributed by atoms with E-state index in [1.54, 1.807) is 24.5 Å². The molecule has 1 aliphatic heterocycles. The molecular formula is C22H25N5O. The zero-order chi connectivity index (χ0) is 19.3. The number of aromatic nitrogens is 4. The fourth-order valence-electron chi connectivity index (χ4n) is 4.07. The summed E-state index contributed by atoms with van der Waals surface area (Å²) in [6.07, 6.45) is 10.2. The lowest BCUT2D eigenvalue weighted by Gasteiger charge is -2.23. The van der Waals surface area contributed by atoms with Gasteiger partial charge in [-0.15, -0.1) is 0 Å². The topological polar surface area (TPSA) is 56.0 Å². The molecule has 0 atom stereocenters. The van der Waals surface area contributed by atoms with E-state index in [0.717, 1.165) is 35.0 Å². The highest BCUT2D eigenvalue weighted by molar-refractivity contribution is 5.94. The number of rotatable bonds is 4. The molecule has 6 heteroatoms. The highest BCUT2D eigenvalue weighted by Crippen LogP contribution is 2.36. The summed E-state index contributed by atoms with van der Waals surface area (Å²) >= 11 is 0. The van der Waals surface area contributed by atoms with Crippen molar-refractivity contribution < 1.29 is 4.79 Å². The van der Waals surface area contributed by atoms with E-state index in [0.29, 0.717) is 24.7 Å². The number of carbonyl (C=O) groups excluding carboxylic acids is 1. The maximum Gasteiger partial charge on any atom is 0.254 e. The third kappa shape index (κ3) is 3.03. The average molecular weight is 375 g/mol.